The zero-order valence-corrected chi connectivity index (χ0v) is 11.2. The summed E-state index contributed by atoms with van der Waals surface area (Å²) in [6.07, 6.45) is -0.496. The van der Waals surface area contributed by atoms with Gasteiger partial charge in [0, 0.05) is 18.9 Å². The van der Waals surface area contributed by atoms with Gasteiger partial charge in [-0.05, 0) is 25.5 Å². The highest BCUT2D eigenvalue weighted by Crippen LogP contribution is 2.31. The number of hydrogen-bond acceptors (Lipinski definition) is 3. The van der Waals surface area contributed by atoms with E-state index in [1.165, 1.54) is 10.8 Å². The molecule has 0 amide bonds. The molecule has 4 nitrogen and oxygen atoms in total. The quantitative estimate of drug-likeness (QED) is 0.935. The molecule has 20 heavy (non-hydrogen) atoms. The Morgan fingerprint density at radius 3 is 2.60 bits per heavy atom. The minimum absolute atomic E-state index is 0.202. The third-order valence-corrected chi connectivity index (χ3v) is 2.77. The van der Waals surface area contributed by atoms with E-state index >= 15 is 0 Å². The first-order chi connectivity index (χ1) is 9.41. The summed E-state index contributed by atoms with van der Waals surface area (Å²) in [6.45, 7) is 4.21. The second kappa shape index (κ2) is 5.52. The van der Waals surface area contributed by atoms with Crippen molar-refractivity contribution in [2.45, 2.75) is 26.4 Å². The summed E-state index contributed by atoms with van der Waals surface area (Å²) < 4.78 is 40.3. The molecule has 2 rings (SSSR count). The van der Waals surface area contributed by atoms with Crippen molar-refractivity contribution in [3.8, 4) is 5.82 Å². The Morgan fingerprint density at radius 2 is 2.05 bits per heavy atom. The number of pyridine rings is 1. The van der Waals surface area contributed by atoms with Crippen LogP contribution in [0.1, 0.15) is 24.7 Å². The van der Waals surface area contributed by atoms with Crippen LogP contribution in [0.5, 0.6) is 0 Å². The van der Waals surface area contributed by atoms with Crippen molar-refractivity contribution in [1.29, 1.82) is 0 Å². The van der Waals surface area contributed by atoms with Crippen LogP contribution in [0.15, 0.2) is 24.5 Å². The number of rotatable bonds is 4. The number of nitrogens with zero attached hydrogens (tertiary/aromatic N) is 3. The summed E-state index contributed by atoms with van der Waals surface area (Å²) in [5.41, 5.74) is -0.728. The molecule has 0 atom stereocenters. The van der Waals surface area contributed by atoms with E-state index in [0.29, 0.717) is 12.4 Å². The summed E-state index contributed by atoms with van der Waals surface area (Å²) in [5.74, 6) is 0.997. The number of hydrogen-bond donors (Lipinski definition) is 1. The Balaban J connectivity index is 2.48. The van der Waals surface area contributed by atoms with E-state index < -0.39 is 11.7 Å². The molecule has 0 unspecified atom stereocenters. The SMILES string of the molecule is CCCNc1cc(C(F)(F)F)cc(-n2ccnc2C)n1. The van der Waals surface area contributed by atoms with Gasteiger partial charge >= 0.3 is 6.18 Å². The molecule has 0 saturated carbocycles. The van der Waals surface area contributed by atoms with Crippen LogP contribution in [0, 0.1) is 6.92 Å². The van der Waals surface area contributed by atoms with E-state index in [2.05, 4.69) is 15.3 Å². The summed E-state index contributed by atoms with van der Waals surface area (Å²) in [5, 5.41) is 2.88. The van der Waals surface area contributed by atoms with E-state index in [0.717, 1.165) is 18.6 Å². The maximum Gasteiger partial charge on any atom is 0.416 e. The summed E-state index contributed by atoms with van der Waals surface area (Å²) >= 11 is 0. The van der Waals surface area contributed by atoms with Crippen LogP contribution in [0.25, 0.3) is 5.82 Å². The maximum atomic E-state index is 12.9. The van der Waals surface area contributed by atoms with Gasteiger partial charge in [-0.2, -0.15) is 13.2 Å². The highest BCUT2D eigenvalue weighted by Gasteiger charge is 2.32. The van der Waals surface area contributed by atoms with Crippen LogP contribution >= 0.6 is 0 Å². The predicted octanol–water partition coefficient (Wildman–Crippen LogP) is 3.42. The van der Waals surface area contributed by atoms with Crippen LogP contribution in [-0.4, -0.2) is 21.1 Å². The molecule has 0 saturated heterocycles. The molecule has 0 aliphatic rings. The minimum atomic E-state index is -4.41. The van der Waals surface area contributed by atoms with Crippen LogP contribution in [-0.2, 0) is 6.18 Å². The lowest BCUT2D eigenvalue weighted by atomic mass is 10.2. The third kappa shape index (κ3) is 3.09. The molecule has 0 aromatic carbocycles. The standard InChI is InChI=1S/C13H15F3N4/c1-3-4-18-11-7-10(13(14,15)16)8-12(19-11)20-6-5-17-9(20)2/h5-8H,3-4H2,1-2H3,(H,18,19). The zero-order valence-electron chi connectivity index (χ0n) is 11.2. The molecule has 0 aliphatic carbocycles. The van der Waals surface area contributed by atoms with Crippen molar-refractivity contribution in [2.24, 2.45) is 0 Å². The molecule has 0 radical (unpaired) electrons. The van der Waals surface area contributed by atoms with Crippen molar-refractivity contribution in [3.05, 3.63) is 35.9 Å². The van der Waals surface area contributed by atoms with Crippen molar-refractivity contribution in [1.82, 2.24) is 14.5 Å². The van der Waals surface area contributed by atoms with Gasteiger partial charge in [0.2, 0.25) is 0 Å². The largest absolute Gasteiger partial charge is 0.416 e. The maximum absolute atomic E-state index is 12.9. The first-order valence-electron chi connectivity index (χ1n) is 6.25. The fraction of sp³-hybridized carbons (Fsp3) is 0.385. The molecule has 0 aliphatic heterocycles. The van der Waals surface area contributed by atoms with Gasteiger partial charge in [0.25, 0.3) is 0 Å². The molecule has 0 bridgehead atoms. The van der Waals surface area contributed by atoms with Crippen LogP contribution < -0.4 is 5.32 Å². The highest BCUT2D eigenvalue weighted by molar-refractivity contribution is 5.45. The van der Waals surface area contributed by atoms with Crippen LogP contribution in [0.2, 0.25) is 0 Å². The van der Waals surface area contributed by atoms with Crippen molar-refractivity contribution in [3.63, 3.8) is 0 Å². The summed E-state index contributed by atoms with van der Waals surface area (Å²) in [7, 11) is 0. The molecule has 0 fully saturated rings. The lowest BCUT2D eigenvalue weighted by Gasteiger charge is -2.13. The first-order valence-corrected chi connectivity index (χ1v) is 6.25. The second-order valence-corrected chi connectivity index (χ2v) is 4.37. The van der Waals surface area contributed by atoms with Gasteiger partial charge in [0.1, 0.15) is 17.5 Å². The topological polar surface area (TPSA) is 42.7 Å². The normalized spacial score (nSPS) is 11.7. The summed E-state index contributed by atoms with van der Waals surface area (Å²) in [6, 6.07) is 2.04. The molecule has 0 spiro atoms. The fourth-order valence-corrected chi connectivity index (χ4v) is 1.77. The Hall–Kier alpha value is -2.05. The van der Waals surface area contributed by atoms with Gasteiger partial charge < -0.3 is 5.32 Å². The monoisotopic (exact) mass is 284 g/mol. The first kappa shape index (κ1) is 14.4. The molecule has 2 aromatic rings. The van der Waals surface area contributed by atoms with Crippen LogP contribution in [0.3, 0.4) is 0 Å². The Morgan fingerprint density at radius 1 is 1.30 bits per heavy atom. The lowest BCUT2D eigenvalue weighted by Crippen LogP contribution is -2.11. The predicted molar refractivity (Wildman–Crippen MR) is 69.9 cm³/mol. The number of nitrogens with one attached hydrogen (secondary N) is 1. The molecule has 108 valence electrons. The Labute approximate surface area is 114 Å². The summed E-state index contributed by atoms with van der Waals surface area (Å²) in [4.78, 5) is 8.20. The average Bonchev–Trinajstić information content (AvgIpc) is 2.81. The molecule has 2 aromatic heterocycles. The molecule has 2 heterocycles. The second-order valence-electron chi connectivity index (χ2n) is 4.37. The molecular weight excluding hydrogens is 269 g/mol. The number of anilines is 1. The number of aromatic nitrogens is 3. The number of aryl methyl sites for hydroxylation is 1. The average molecular weight is 284 g/mol. The van der Waals surface area contributed by atoms with Gasteiger partial charge in [-0.25, -0.2) is 9.97 Å². The smallest absolute Gasteiger partial charge is 0.370 e. The van der Waals surface area contributed by atoms with Gasteiger partial charge in [-0.1, -0.05) is 6.92 Å². The van der Waals surface area contributed by atoms with E-state index in [1.807, 2.05) is 6.92 Å². The number of imidazole rings is 1. The van der Waals surface area contributed by atoms with Crippen molar-refractivity contribution in [2.75, 3.05) is 11.9 Å². The lowest BCUT2D eigenvalue weighted by molar-refractivity contribution is -0.137. The Bertz CT molecular complexity index is 590. The van der Waals surface area contributed by atoms with E-state index in [1.54, 1.807) is 13.1 Å². The Kier molecular flexibility index (Phi) is 3.96. The molecule has 7 heteroatoms. The van der Waals surface area contributed by atoms with E-state index in [4.69, 9.17) is 0 Å². The minimum Gasteiger partial charge on any atom is -0.370 e. The molecule has 1 N–H and O–H groups in total. The number of alkyl halides is 3. The molecular formula is C13H15F3N4. The highest BCUT2D eigenvalue weighted by atomic mass is 19.4. The van der Waals surface area contributed by atoms with Crippen molar-refractivity contribution < 1.29 is 13.2 Å². The fourth-order valence-electron chi connectivity index (χ4n) is 1.77. The van der Waals surface area contributed by atoms with Gasteiger partial charge in [-0.15, -0.1) is 0 Å². The van der Waals surface area contributed by atoms with Gasteiger partial charge in [0.05, 0.1) is 5.56 Å². The van der Waals surface area contributed by atoms with E-state index in [9.17, 15) is 13.2 Å². The third-order valence-electron chi connectivity index (χ3n) is 2.77. The van der Waals surface area contributed by atoms with E-state index in [-0.39, 0.29) is 11.6 Å². The van der Waals surface area contributed by atoms with Gasteiger partial charge in [0.15, 0.2) is 0 Å². The van der Waals surface area contributed by atoms with Crippen molar-refractivity contribution >= 4 is 5.82 Å². The van der Waals surface area contributed by atoms with Gasteiger partial charge in [-0.3, -0.25) is 4.57 Å². The van der Waals surface area contributed by atoms with Crippen LogP contribution in [0.4, 0.5) is 19.0 Å². The number of halogens is 3. The zero-order chi connectivity index (χ0) is 14.8.